The summed E-state index contributed by atoms with van der Waals surface area (Å²) in [7, 11) is 0. The normalized spacial score (nSPS) is 10.9. The lowest BCUT2D eigenvalue weighted by atomic mass is 10.1. The summed E-state index contributed by atoms with van der Waals surface area (Å²) in [5.74, 6) is 0.765. The summed E-state index contributed by atoms with van der Waals surface area (Å²) in [4.78, 5) is 4.53. The Hall–Kier alpha value is -1.68. The molecule has 0 spiro atoms. The minimum Gasteiger partial charge on any atom is -0.220 e. The van der Waals surface area contributed by atoms with Gasteiger partial charge in [0, 0.05) is 16.2 Å². The van der Waals surface area contributed by atoms with Crippen LogP contribution in [0.2, 0.25) is 0 Å². The van der Waals surface area contributed by atoms with E-state index < -0.39 is 0 Å². The highest BCUT2D eigenvalue weighted by atomic mass is 79.9. The SMILES string of the molecule is Cc1ccccc1-c1nc2cc(Br)ccn2n1. The topological polar surface area (TPSA) is 30.2 Å². The summed E-state index contributed by atoms with van der Waals surface area (Å²) in [5.41, 5.74) is 3.10. The van der Waals surface area contributed by atoms with Crippen LogP contribution in [0.1, 0.15) is 5.56 Å². The lowest BCUT2D eigenvalue weighted by Gasteiger charge is -1.98. The average molecular weight is 288 g/mol. The van der Waals surface area contributed by atoms with Crippen LogP contribution in [0.5, 0.6) is 0 Å². The van der Waals surface area contributed by atoms with E-state index in [2.05, 4.69) is 39.0 Å². The standard InChI is InChI=1S/C13H10BrN3/c1-9-4-2-3-5-11(9)13-15-12-8-10(14)6-7-17(12)16-13/h2-8H,1H3. The molecule has 0 amide bonds. The van der Waals surface area contributed by atoms with Gasteiger partial charge in [-0.2, -0.15) is 0 Å². The van der Waals surface area contributed by atoms with Gasteiger partial charge in [-0.1, -0.05) is 40.2 Å². The molecule has 4 heteroatoms. The minimum absolute atomic E-state index is 0.765. The Morgan fingerprint density at radius 1 is 1.18 bits per heavy atom. The van der Waals surface area contributed by atoms with E-state index in [9.17, 15) is 0 Å². The van der Waals surface area contributed by atoms with E-state index in [0.717, 1.165) is 21.5 Å². The van der Waals surface area contributed by atoms with Gasteiger partial charge in [-0.3, -0.25) is 0 Å². The van der Waals surface area contributed by atoms with Crippen LogP contribution >= 0.6 is 15.9 Å². The molecule has 0 radical (unpaired) electrons. The fourth-order valence-electron chi connectivity index (χ4n) is 1.79. The van der Waals surface area contributed by atoms with Crippen molar-refractivity contribution in [2.45, 2.75) is 6.92 Å². The van der Waals surface area contributed by atoms with Crippen molar-refractivity contribution in [3.05, 3.63) is 52.6 Å². The Morgan fingerprint density at radius 3 is 2.82 bits per heavy atom. The molecule has 1 aromatic carbocycles. The molecular formula is C13H10BrN3. The first-order valence-electron chi connectivity index (χ1n) is 5.32. The molecule has 0 N–H and O–H groups in total. The van der Waals surface area contributed by atoms with E-state index in [1.54, 1.807) is 4.52 Å². The van der Waals surface area contributed by atoms with Gasteiger partial charge in [0.05, 0.1) is 0 Å². The quantitative estimate of drug-likeness (QED) is 0.686. The molecule has 2 heterocycles. The predicted molar refractivity (Wildman–Crippen MR) is 70.9 cm³/mol. The Morgan fingerprint density at radius 2 is 2.00 bits per heavy atom. The van der Waals surface area contributed by atoms with E-state index in [4.69, 9.17) is 0 Å². The molecule has 3 rings (SSSR count). The van der Waals surface area contributed by atoms with E-state index in [1.807, 2.05) is 36.5 Å². The van der Waals surface area contributed by atoms with Crippen molar-refractivity contribution < 1.29 is 0 Å². The number of nitrogens with zero attached hydrogens (tertiary/aromatic N) is 3. The maximum absolute atomic E-state index is 4.53. The molecule has 0 aliphatic carbocycles. The van der Waals surface area contributed by atoms with Gasteiger partial charge in [-0.15, -0.1) is 5.10 Å². The van der Waals surface area contributed by atoms with E-state index in [0.29, 0.717) is 0 Å². The van der Waals surface area contributed by atoms with E-state index in [1.165, 1.54) is 5.56 Å². The van der Waals surface area contributed by atoms with Crippen molar-refractivity contribution in [3.8, 4) is 11.4 Å². The van der Waals surface area contributed by atoms with Gasteiger partial charge < -0.3 is 0 Å². The third-order valence-corrected chi connectivity index (χ3v) is 3.18. The van der Waals surface area contributed by atoms with Crippen LogP contribution in [0.15, 0.2) is 47.1 Å². The zero-order valence-corrected chi connectivity index (χ0v) is 10.8. The van der Waals surface area contributed by atoms with Crippen LogP contribution in [0.25, 0.3) is 17.0 Å². The molecule has 0 aliphatic heterocycles. The number of rotatable bonds is 1. The molecular weight excluding hydrogens is 278 g/mol. The number of halogens is 1. The number of benzene rings is 1. The van der Waals surface area contributed by atoms with Crippen molar-refractivity contribution in [2.24, 2.45) is 0 Å². The predicted octanol–water partition coefficient (Wildman–Crippen LogP) is 3.47. The summed E-state index contributed by atoms with van der Waals surface area (Å²) in [6.45, 7) is 2.07. The van der Waals surface area contributed by atoms with Crippen molar-refractivity contribution in [3.63, 3.8) is 0 Å². The first kappa shape index (κ1) is 10.5. The summed E-state index contributed by atoms with van der Waals surface area (Å²) in [6.07, 6.45) is 1.90. The van der Waals surface area contributed by atoms with Crippen LogP contribution < -0.4 is 0 Å². The Bertz CT molecular complexity index is 688. The monoisotopic (exact) mass is 287 g/mol. The number of hydrogen-bond donors (Lipinski definition) is 0. The van der Waals surface area contributed by atoms with Gasteiger partial charge in [0.2, 0.25) is 0 Å². The van der Waals surface area contributed by atoms with E-state index >= 15 is 0 Å². The maximum atomic E-state index is 4.53. The number of hydrogen-bond acceptors (Lipinski definition) is 2. The van der Waals surface area contributed by atoms with E-state index in [-0.39, 0.29) is 0 Å². The lowest BCUT2D eigenvalue weighted by molar-refractivity contribution is 0.963. The molecule has 2 aromatic heterocycles. The second-order valence-electron chi connectivity index (χ2n) is 3.90. The zero-order valence-electron chi connectivity index (χ0n) is 9.26. The third-order valence-electron chi connectivity index (χ3n) is 2.69. The molecule has 0 aliphatic rings. The molecule has 17 heavy (non-hydrogen) atoms. The number of pyridine rings is 1. The number of aromatic nitrogens is 3. The first-order valence-corrected chi connectivity index (χ1v) is 6.11. The van der Waals surface area contributed by atoms with Gasteiger partial charge in [0.1, 0.15) is 0 Å². The summed E-state index contributed by atoms with van der Waals surface area (Å²) < 4.78 is 2.79. The van der Waals surface area contributed by atoms with Gasteiger partial charge in [-0.05, 0) is 24.6 Å². The van der Waals surface area contributed by atoms with Gasteiger partial charge in [-0.25, -0.2) is 9.50 Å². The van der Waals surface area contributed by atoms with Crippen molar-refractivity contribution in [1.82, 2.24) is 14.6 Å². The maximum Gasteiger partial charge on any atom is 0.182 e. The van der Waals surface area contributed by atoms with Gasteiger partial charge >= 0.3 is 0 Å². The molecule has 84 valence electrons. The Labute approximate surface area is 107 Å². The largest absolute Gasteiger partial charge is 0.220 e. The fraction of sp³-hybridized carbons (Fsp3) is 0.0769. The molecule has 0 saturated carbocycles. The number of fused-ring (bicyclic) bond motifs is 1. The summed E-state index contributed by atoms with van der Waals surface area (Å²) in [6, 6.07) is 12.0. The Kier molecular flexibility index (Phi) is 2.44. The van der Waals surface area contributed by atoms with Gasteiger partial charge in [0.15, 0.2) is 11.5 Å². The first-order chi connectivity index (χ1) is 8.24. The van der Waals surface area contributed by atoms with Crippen LogP contribution in [-0.4, -0.2) is 14.6 Å². The lowest BCUT2D eigenvalue weighted by Crippen LogP contribution is -1.87. The van der Waals surface area contributed by atoms with Crippen LogP contribution in [0, 0.1) is 6.92 Å². The summed E-state index contributed by atoms with van der Waals surface area (Å²) in [5, 5.41) is 4.47. The molecule has 3 nitrogen and oxygen atoms in total. The average Bonchev–Trinajstić information content (AvgIpc) is 2.72. The smallest absolute Gasteiger partial charge is 0.182 e. The second-order valence-corrected chi connectivity index (χ2v) is 4.81. The molecule has 0 fully saturated rings. The van der Waals surface area contributed by atoms with Crippen molar-refractivity contribution >= 4 is 21.6 Å². The second kappa shape index (κ2) is 3.96. The Balaban J connectivity index is 2.22. The van der Waals surface area contributed by atoms with Crippen LogP contribution in [0.3, 0.4) is 0 Å². The molecule has 0 bridgehead atoms. The number of aryl methyl sites for hydroxylation is 1. The van der Waals surface area contributed by atoms with Crippen molar-refractivity contribution in [1.29, 1.82) is 0 Å². The van der Waals surface area contributed by atoms with Crippen LogP contribution in [0.4, 0.5) is 0 Å². The summed E-state index contributed by atoms with van der Waals surface area (Å²) >= 11 is 3.43. The minimum atomic E-state index is 0.765. The van der Waals surface area contributed by atoms with Gasteiger partial charge in [0.25, 0.3) is 0 Å². The zero-order chi connectivity index (χ0) is 11.8. The fourth-order valence-corrected chi connectivity index (χ4v) is 2.12. The molecule has 0 atom stereocenters. The highest BCUT2D eigenvalue weighted by Gasteiger charge is 2.08. The third kappa shape index (κ3) is 1.85. The van der Waals surface area contributed by atoms with Crippen LogP contribution in [-0.2, 0) is 0 Å². The highest BCUT2D eigenvalue weighted by Crippen LogP contribution is 2.21. The molecule has 3 aromatic rings. The van der Waals surface area contributed by atoms with Crippen molar-refractivity contribution in [2.75, 3.05) is 0 Å². The molecule has 0 saturated heterocycles. The highest BCUT2D eigenvalue weighted by molar-refractivity contribution is 9.10. The molecule has 0 unspecified atom stereocenters.